The van der Waals surface area contributed by atoms with Crippen molar-refractivity contribution in [1.82, 2.24) is 0 Å². The molecule has 0 atom stereocenters. The lowest BCUT2D eigenvalue weighted by atomic mass is 9.76. The average molecular weight is 615 g/mol. The van der Waals surface area contributed by atoms with Gasteiger partial charge in [0.1, 0.15) is 11.2 Å². The molecule has 2 aromatic heterocycles. The molecule has 0 amide bonds. The van der Waals surface area contributed by atoms with E-state index in [1.165, 1.54) is 69.9 Å². The van der Waals surface area contributed by atoms with E-state index in [-0.39, 0.29) is 10.8 Å². The lowest BCUT2D eigenvalue weighted by Crippen LogP contribution is -2.21. The molecule has 0 fully saturated rings. The number of hydrogen-bond donors (Lipinski definition) is 0. The van der Waals surface area contributed by atoms with Crippen molar-refractivity contribution in [3.8, 4) is 22.3 Å². The number of hydrogen-bond acceptors (Lipinski definition) is 2. The molecule has 0 N–H and O–H groups in total. The summed E-state index contributed by atoms with van der Waals surface area (Å²) in [7, 11) is 0. The number of rotatable bonds is 5. The van der Waals surface area contributed by atoms with Crippen LogP contribution in [-0.4, -0.2) is 0 Å². The Bertz CT molecular complexity index is 2400. The molecule has 0 saturated carbocycles. The predicted molar refractivity (Wildman–Crippen MR) is 199 cm³/mol. The fourth-order valence-electron chi connectivity index (χ4n) is 7.38. The van der Waals surface area contributed by atoms with Crippen molar-refractivity contribution in [2.75, 3.05) is 0 Å². The van der Waals surface area contributed by atoms with Crippen LogP contribution in [-0.2, 0) is 17.3 Å². The fourth-order valence-corrected chi connectivity index (χ4v) is 8.94. The van der Waals surface area contributed by atoms with E-state index in [2.05, 4.69) is 162 Å². The Hall–Kier alpha value is -4.66. The Kier molecular flexibility index (Phi) is 6.70. The van der Waals surface area contributed by atoms with E-state index < -0.39 is 0 Å². The summed E-state index contributed by atoms with van der Waals surface area (Å²) < 4.78 is 9.25. The highest BCUT2D eigenvalue weighted by molar-refractivity contribution is 7.26. The first-order valence-corrected chi connectivity index (χ1v) is 17.0. The molecule has 0 aliphatic carbocycles. The highest BCUT2D eigenvalue weighted by atomic mass is 32.1. The van der Waals surface area contributed by atoms with Crippen LogP contribution in [0.4, 0.5) is 0 Å². The van der Waals surface area contributed by atoms with Crippen LogP contribution in [0.1, 0.15) is 51.3 Å². The minimum Gasteiger partial charge on any atom is -0.456 e. The molecule has 0 spiro atoms. The Morgan fingerprint density at radius 1 is 0.522 bits per heavy atom. The summed E-state index contributed by atoms with van der Waals surface area (Å²) in [4.78, 5) is 0. The molecule has 226 valence electrons. The highest BCUT2D eigenvalue weighted by Crippen LogP contribution is 2.45. The smallest absolute Gasteiger partial charge is 0.136 e. The van der Waals surface area contributed by atoms with Gasteiger partial charge < -0.3 is 4.42 Å². The SMILES string of the molecule is CC(C)(C)c1cccc2c1sc1c(-c3cccc(CC(C)(C)c4cccc5oc6cccc(-c7ccccc7)c6c45)c3)cccc12. The summed E-state index contributed by atoms with van der Waals surface area (Å²) in [5.74, 6) is 0. The first kappa shape index (κ1) is 28.8. The maximum atomic E-state index is 6.47. The third kappa shape index (κ3) is 4.75. The molecular weight excluding hydrogens is 577 g/mol. The van der Waals surface area contributed by atoms with Gasteiger partial charge in [0.05, 0.1) is 0 Å². The van der Waals surface area contributed by atoms with Gasteiger partial charge in [0.2, 0.25) is 0 Å². The van der Waals surface area contributed by atoms with Gasteiger partial charge in [-0.3, -0.25) is 0 Å². The van der Waals surface area contributed by atoms with Gasteiger partial charge in [-0.2, -0.15) is 0 Å². The largest absolute Gasteiger partial charge is 0.456 e. The van der Waals surface area contributed by atoms with E-state index in [9.17, 15) is 0 Å². The number of furan rings is 1. The van der Waals surface area contributed by atoms with Crippen molar-refractivity contribution in [2.45, 2.75) is 51.9 Å². The Morgan fingerprint density at radius 3 is 1.91 bits per heavy atom. The topological polar surface area (TPSA) is 13.1 Å². The van der Waals surface area contributed by atoms with Gasteiger partial charge in [-0.15, -0.1) is 11.3 Å². The molecule has 6 aromatic carbocycles. The summed E-state index contributed by atoms with van der Waals surface area (Å²) in [6.07, 6.45) is 0.913. The van der Waals surface area contributed by atoms with Crippen LogP contribution in [0.2, 0.25) is 0 Å². The number of fused-ring (bicyclic) bond motifs is 6. The van der Waals surface area contributed by atoms with Crippen molar-refractivity contribution in [1.29, 1.82) is 0 Å². The second-order valence-corrected chi connectivity index (χ2v) is 15.3. The van der Waals surface area contributed by atoms with Crippen molar-refractivity contribution in [2.24, 2.45) is 0 Å². The highest BCUT2D eigenvalue weighted by Gasteiger charge is 2.27. The Morgan fingerprint density at radius 2 is 1.13 bits per heavy atom. The minimum absolute atomic E-state index is 0.0943. The van der Waals surface area contributed by atoms with E-state index in [4.69, 9.17) is 4.42 Å². The molecule has 2 heteroatoms. The van der Waals surface area contributed by atoms with Crippen molar-refractivity contribution < 1.29 is 4.42 Å². The van der Waals surface area contributed by atoms with Crippen LogP contribution in [0.15, 0.2) is 132 Å². The second-order valence-electron chi connectivity index (χ2n) is 14.3. The second kappa shape index (κ2) is 10.7. The van der Waals surface area contributed by atoms with E-state index in [0.29, 0.717) is 0 Å². The summed E-state index contributed by atoms with van der Waals surface area (Å²) in [6.45, 7) is 11.7. The zero-order valence-electron chi connectivity index (χ0n) is 27.1. The molecule has 0 aliphatic rings. The van der Waals surface area contributed by atoms with Gasteiger partial charge in [0.25, 0.3) is 0 Å². The molecule has 0 saturated heterocycles. The third-order valence-electron chi connectivity index (χ3n) is 9.55. The average Bonchev–Trinajstić information content (AvgIpc) is 3.63. The summed E-state index contributed by atoms with van der Waals surface area (Å²) in [6, 6.07) is 46.5. The molecule has 8 rings (SSSR count). The van der Waals surface area contributed by atoms with E-state index in [1.54, 1.807) is 0 Å². The molecule has 0 unspecified atom stereocenters. The molecule has 8 aromatic rings. The molecular formula is C44H38OS. The molecule has 0 radical (unpaired) electrons. The van der Waals surface area contributed by atoms with Crippen LogP contribution in [0, 0.1) is 0 Å². The van der Waals surface area contributed by atoms with Gasteiger partial charge in [0, 0.05) is 30.9 Å². The van der Waals surface area contributed by atoms with Gasteiger partial charge in [0.15, 0.2) is 0 Å². The van der Waals surface area contributed by atoms with Crippen LogP contribution >= 0.6 is 11.3 Å². The molecule has 0 aliphatic heterocycles. The molecule has 2 heterocycles. The van der Waals surface area contributed by atoms with Gasteiger partial charge in [-0.1, -0.05) is 150 Å². The van der Waals surface area contributed by atoms with Crippen LogP contribution in [0.25, 0.3) is 64.4 Å². The van der Waals surface area contributed by atoms with Gasteiger partial charge in [-0.25, -0.2) is 0 Å². The zero-order chi connectivity index (χ0) is 31.6. The lowest BCUT2D eigenvalue weighted by molar-refractivity contribution is 0.527. The standard InChI is InChI=1S/C44H38OS/c1-43(2,3)36-23-11-21-34-33-20-10-19-32(41(33)46-42(34)36)30-17-9-14-28(26-30)27-44(4,5)35-22-13-25-38-40(35)39-31(18-12-24-37(39)45-38)29-15-7-6-8-16-29/h6-26H,27H2,1-5H3. The van der Waals surface area contributed by atoms with Crippen LogP contribution in [0.3, 0.4) is 0 Å². The maximum Gasteiger partial charge on any atom is 0.136 e. The zero-order valence-corrected chi connectivity index (χ0v) is 28.0. The number of benzene rings is 6. The first-order valence-electron chi connectivity index (χ1n) is 16.2. The van der Waals surface area contributed by atoms with Crippen molar-refractivity contribution >= 4 is 53.4 Å². The molecule has 46 heavy (non-hydrogen) atoms. The van der Waals surface area contributed by atoms with Crippen molar-refractivity contribution in [3.63, 3.8) is 0 Å². The monoisotopic (exact) mass is 614 g/mol. The van der Waals surface area contributed by atoms with E-state index in [1.807, 2.05) is 11.3 Å². The Balaban J connectivity index is 1.23. The minimum atomic E-state index is -0.135. The summed E-state index contributed by atoms with van der Waals surface area (Å²) in [5.41, 5.74) is 10.9. The van der Waals surface area contributed by atoms with Gasteiger partial charge >= 0.3 is 0 Å². The Labute approximate surface area is 275 Å². The normalized spacial score (nSPS) is 12.5. The number of thiophene rings is 1. The first-order chi connectivity index (χ1) is 22.2. The van der Waals surface area contributed by atoms with Crippen molar-refractivity contribution in [3.05, 3.63) is 144 Å². The molecule has 1 nitrogen and oxygen atoms in total. The predicted octanol–water partition coefficient (Wildman–Crippen LogP) is 13.1. The fraction of sp³-hybridized carbons (Fsp3) is 0.182. The van der Waals surface area contributed by atoms with Crippen LogP contribution in [0.5, 0.6) is 0 Å². The molecule has 0 bridgehead atoms. The van der Waals surface area contributed by atoms with E-state index in [0.717, 1.165) is 17.6 Å². The van der Waals surface area contributed by atoms with Gasteiger partial charge in [-0.05, 0) is 68.3 Å². The lowest BCUT2D eigenvalue weighted by Gasteiger charge is -2.27. The van der Waals surface area contributed by atoms with Crippen LogP contribution < -0.4 is 0 Å². The third-order valence-corrected chi connectivity index (χ3v) is 10.8. The summed E-state index contributed by atoms with van der Waals surface area (Å²) in [5, 5.41) is 5.14. The van der Waals surface area contributed by atoms with E-state index >= 15 is 0 Å². The maximum absolute atomic E-state index is 6.47. The summed E-state index contributed by atoms with van der Waals surface area (Å²) >= 11 is 1.95. The quantitative estimate of drug-likeness (QED) is 0.188.